The Hall–Kier alpha value is -0.540. The molecular formula is C11H20F3N. The van der Waals surface area contributed by atoms with Gasteiger partial charge in [0.1, 0.15) is 0 Å². The monoisotopic (exact) mass is 223 g/mol. The minimum Gasteiger partial charge on any atom is -0.297 e. The summed E-state index contributed by atoms with van der Waals surface area (Å²) in [7, 11) is 0. The molecule has 0 saturated heterocycles. The van der Waals surface area contributed by atoms with E-state index < -0.39 is 23.4 Å². The Morgan fingerprint density at radius 2 is 1.40 bits per heavy atom. The molecule has 0 amide bonds. The van der Waals surface area contributed by atoms with Gasteiger partial charge >= 0.3 is 6.18 Å². The van der Waals surface area contributed by atoms with Crippen LogP contribution >= 0.6 is 0 Å². The van der Waals surface area contributed by atoms with E-state index in [9.17, 15) is 13.2 Å². The third-order valence-electron chi connectivity index (χ3n) is 3.79. The standard InChI is InChI=1S/C11H20F3N/c1-7(8(2)11(12,13)14)10(4,5)9(3)15-6/h7-9H,6H2,1-5H3/t7-,8+,9?/m1/s1. The fourth-order valence-electron chi connectivity index (χ4n) is 1.54. The van der Waals surface area contributed by atoms with E-state index in [-0.39, 0.29) is 6.04 Å². The molecule has 0 aromatic heterocycles. The van der Waals surface area contributed by atoms with Gasteiger partial charge in [-0.1, -0.05) is 27.7 Å². The maximum Gasteiger partial charge on any atom is 0.391 e. The number of nitrogens with zero attached hydrogens (tertiary/aromatic N) is 1. The summed E-state index contributed by atoms with van der Waals surface area (Å²) in [6.45, 7) is 11.7. The predicted molar refractivity (Wildman–Crippen MR) is 57.2 cm³/mol. The number of hydrogen-bond donors (Lipinski definition) is 0. The first-order valence-corrected chi connectivity index (χ1v) is 5.07. The van der Waals surface area contributed by atoms with E-state index >= 15 is 0 Å². The van der Waals surface area contributed by atoms with Gasteiger partial charge in [-0.15, -0.1) is 0 Å². The van der Waals surface area contributed by atoms with Gasteiger partial charge in [0.2, 0.25) is 0 Å². The summed E-state index contributed by atoms with van der Waals surface area (Å²) in [6, 6.07) is -0.183. The molecule has 4 heteroatoms. The highest BCUT2D eigenvalue weighted by Gasteiger charge is 2.46. The molecule has 15 heavy (non-hydrogen) atoms. The van der Waals surface area contributed by atoms with Crippen molar-refractivity contribution in [1.82, 2.24) is 0 Å². The average molecular weight is 223 g/mol. The predicted octanol–water partition coefficient (Wildman–Crippen LogP) is 3.94. The Labute approximate surface area is 89.8 Å². The molecule has 3 atom stereocenters. The molecule has 1 nitrogen and oxygen atoms in total. The zero-order valence-corrected chi connectivity index (χ0v) is 10.0. The Bertz CT molecular complexity index is 220. The summed E-state index contributed by atoms with van der Waals surface area (Å²) in [6.07, 6.45) is -4.14. The van der Waals surface area contributed by atoms with Gasteiger partial charge in [-0.2, -0.15) is 13.2 Å². The zero-order valence-electron chi connectivity index (χ0n) is 10.0. The molecule has 0 aliphatic heterocycles. The summed E-state index contributed by atoms with van der Waals surface area (Å²) in [5.74, 6) is -1.81. The van der Waals surface area contributed by atoms with Crippen LogP contribution in [0.3, 0.4) is 0 Å². The first-order valence-electron chi connectivity index (χ1n) is 5.07. The van der Waals surface area contributed by atoms with E-state index in [0.717, 1.165) is 0 Å². The second-order valence-corrected chi connectivity index (χ2v) is 4.80. The molecule has 0 aliphatic carbocycles. The van der Waals surface area contributed by atoms with Crippen LogP contribution in [0.1, 0.15) is 34.6 Å². The second kappa shape index (κ2) is 4.54. The molecule has 0 heterocycles. The molecular weight excluding hydrogens is 203 g/mol. The van der Waals surface area contributed by atoms with Gasteiger partial charge in [0.05, 0.1) is 12.0 Å². The fourth-order valence-corrected chi connectivity index (χ4v) is 1.54. The molecule has 0 aromatic rings. The first kappa shape index (κ1) is 14.5. The SMILES string of the molecule is C=NC(C)C(C)(C)[C@H](C)[C@H](C)C(F)(F)F. The van der Waals surface area contributed by atoms with E-state index in [1.165, 1.54) is 6.92 Å². The van der Waals surface area contributed by atoms with Gasteiger partial charge in [-0.25, -0.2) is 0 Å². The number of halogens is 3. The molecule has 0 rings (SSSR count). The van der Waals surface area contributed by atoms with Crippen LogP contribution in [-0.4, -0.2) is 18.9 Å². The lowest BCUT2D eigenvalue weighted by Gasteiger charge is -2.39. The van der Waals surface area contributed by atoms with Crippen LogP contribution < -0.4 is 0 Å². The van der Waals surface area contributed by atoms with Crippen molar-refractivity contribution >= 4 is 6.72 Å². The van der Waals surface area contributed by atoms with Crippen LogP contribution in [0, 0.1) is 17.3 Å². The normalized spacial score (nSPS) is 19.5. The van der Waals surface area contributed by atoms with Crippen molar-refractivity contribution in [2.75, 3.05) is 0 Å². The van der Waals surface area contributed by atoms with E-state index in [2.05, 4.69) is 11.7 Å². The molecule has 90 valence electrons. The summed E-state index contributed by atoms with van der Waals surface area (Å²) in [4.78, 5) is 3.83. The highest BCUT2D eigenvalue weighted by molar-refractivity contribution is 5.24. The summed E-state index contributed by atoms with van der Waals surface area (Å²) >= 11 is 0. The number of alkyl halides is 3. The van der Waals surface area contributed by atoms with Crippen molar-refractivity contribution in [1.29, 1.82) is 0 Å². The molecule has 0 radical (unpaired) electrons. The van der Waals surface area contributed by atoms with Crippen LogP contribution in [0.2, 0.25) is 0 Å². The number of hydrogen-bond acceptors (Lipinski definition) is 1. The van der Waals surface area contributed by atoms with Gasteiger partial charge in [-0.3, -0.25) is 4.99 Å². The van der Waals surface area contributed by atoms with Crippen molar-refractivity contribution < 1.29 is 13.2 Å². The Morgan fingerprint density at radius 1 is 1.00 bits per heavy atom. The summed E-state index contributed by atoms with van der Waals surface area (Å²) < 4.78 is 37.7. The van der Waals surface area contributed by atoms with Gasteiger partial charge in [0, 0.05) is 0 Å². The largest absolute Gasteiger partial charge is 0.391 e. The minimum absolute atomic E-state index is 0.183. The molecule has 1 unspecified atom stereocenters. The lowest BCUT2D eigenvalue weighted by atomic mass is 9.69. The lowest BCUT2D eigenvalue weighted by molar-refractivity contribution is -0.192. The maximum absolute atomic E-state index is 12.6. The van der Waals surface area contributed by atoms with Gasteiger partial charge in [0.25, 0.3) is 0 Å². The van der Waals surface area contributed by atoms with Crippen LogP contribution in [0.25, 0.3) is 0 Å². The van der Waals surface area contributed by atoms with E-state index in [1.54, 1.807) is 27.7 Å². The van der Waals surface area contributed by atoms with Crippen LogP contribution in [0.5, 0.6) is 0 Å². The first-order chi connectivity index (χ1) is 6.55. The molecule has 0 bridgehead atoms. The van der Waals surface area contributed by atoms with E-state index in [1.807, 2.05) is 0 Å². The van der Waals surface area contributed by atoms with Crippen LogP contribution in [0.4, 0.5) is 13.2 Å². The third-order valence-corrected chi connectivity index (χ3v) is 3.79. The minimum atomic E-state index is -4.14. The van der Waals surface area contributed by atoms with Crippen LogP contribution in [0.15, 0.2) is 4.99 Å². The average Bonchev–Trinajstić information content (AvgIpc) is 2.12. The van der Waals surface area contributed by atoms with Crippen molar-refractivity contribution in [2.24, 2.45) is 22.2 Å². The fraction of sp³-hybridized carbons (Fsp3) is 0.909. The van der Waals surface area contributed by atoms with E-state index in [0.29, 0.717) is 0 Å². The third kappa shape index (κ3) is 3.21. The maximum atomic E-state index is 12.6. The number of rotatable bonds is 4. The second-order valence-electron chi connectivity index (χ2n) is 4.80. The smallest absolute Gasteiger partial charge is 0.297 e. The Morgan fingerprint density at radius 3 is 1.67 bits per heavy atom. The highest BCUT2D eigenvalue weighted by Crippen LogP contribution is 2.43. The van der Waals surface area contributed by atoms with Crippen molar-refractivity contribution in [3.63, 3.8) is 0 Å². The zero-order chi connectivity index (χ0) is 12.4. The highest BCUT2D eigenvalue weighted by atomic mass is 19.4. The number of aliphatic imine (C=N–C) groups is 1. The molecule has 0 N–H and O–H groups in total. The Kier molecular flexibility index (Phi) is 4.37. The molecule has 0 spiro atoms. The Balaban J connectivity index is 4.84. The molecule has 0 aliphatic rings. The lowest BCUT2D eigenvalue weighted by Crippen LogP contribution is -2.40. The van der Waals surface area contributed by atoms with Crippen molar-refractivity contribution in [3.05, 3.63) is 0 Å². The summed E-state index contributed by atoms with van der Waals surface area (Å²) in [5.41, 5.74) is -0.503. The van der Waals surface area contributed by atoms with Gasteiger partial charge in [-0.05, 0) is 25.0 Å². The van der Waals surface area contributed by atoms with Gasteiger partial charge in [0.15, 0.2) is 0 Å². The molecule has 0 fully saturated rings. The van der Waals surface area contributed by atoms with Gasteiger partial charge < -0.3 is 0 Å². The van der Waals surface area contributed by atoms with E-state index in [4.69, 9.17) is 0 Å². The topological polar surface area (TPSA) is 12.4 Å². The van der Waals surface area contributed by atoms with Crippen molar-refractivity contribution in [3.8, 4) is 0 Å². The molecule has 0 saturated carbocycles. The summed E-state index contributed by atoms with van der Waals surface area (Å²) in [5, 5.41) is 0. The van der Waals surface area contributed by atoms with Crippen LogP contribution in [-0.2, 0) is 0 Å². The molecule has 0 aromatic carbocycles. The van der Waals surface area contributed by atoms with Crippen molar-refractivity contribution in [2.45, 2.75) is 46.8 Å². The quantitative estimate of drug-likeness (QED) is 0.640.